The van der Waals surface area contributed by atoms with Crippen LogP contribution >= 0.6 is 0 Å². The molecule has 0 spiro atoms. The van der Waals surface area contributed by atoms with Gasteiger partial charge in [-0.1, -0.05) is 42.0 Å². The molecule has 0 fully saturated rings. The molecule has 3 aromatic rings. The van der Waals surface area contributed by atoms with Crippen LogP contribution in [0.3, 0.4) is 0 Å². The molecule has 1 N–H and O–H groups in total. The molecule has 0 saturated carbocycles. The van der Waals surface area contributed by atoms with E-state index >= 15 is 0 Å². The smallest absolute Gasteiger partial charge is 0.261 e. The number of hydrogen-bond acceptors (Lipinski definition) is 3. The van der Waals surface area contributed by atoms with Gasteiger partial charge in [-0.2, -0.15) is 0 Å². The number of benzene rings is 3. The van der Waals surface area contributed by atoms with Crippen LogP contribution in [0.25, 0.3) is 0 Å². The summed E-state index contributed by atoms with van der Waals surface area (Å²) in [7, 11) is -3.74. The van der Waals surface area contributed by atoms with E-state index in [-0.39, 0.29) is 10.8 Å². The number of amides is 1. The molecular formula is C24H24N2O3S. The number of para-hydroxylation sites is 1. The number of fused-ring (bicyclic) bond motifs is 1. The lowest BCUT2D eigenvalue weighted by Gasteiger charge is -2.29. The van der Waals surface area contributed by atoms with E-state index in [1.807, 2.05) is 38.1 Å². The fourth-order valence-electron chi connectivity index (χ4n) is 3.69. The SMILES string of the molecule is Cc1ccc(S(=O)(=O)Nc2cc(C(=O)N3CCCc4ccccc43)ccc2C)cc1. The van der Waals surface area contributed by atoms with Crippen LogP contribution in [0.5, 0.6) is 0 Å². The minimum absolute atomic E-state index is 0.127. The van der Waals surface area contributed by atoms with E-state index < -0.39 is 10.0 Å². The van der Waals surface area contributed by atoms with Crippen molar-refractivity contribution < 1.29 is 13.2 Å². The Hall–Kier alpha value is -3.12. The number of nitrogens with zero attached hydrogens (tertiary/aromatic N) is 1. The second kappa shape index (κ2) is 7.95. The molecule has 0 aliphatic carbocycles. The predicted octanol–water partition coefficient (Wildman–Crippen LogP) is 4.70. The number of nitrogens with one attached hydrogen (secondary N) is 1. The molecule has 0 aromatic heterocycles. The number of aryl methyl sites for hydroxylation is 3. The Morgan fingerprint density at radius 1 is 0.967 bits per heavy atom. The fourth-order valence-corrected chi connectivity index (χ4v) is 4.81. The van der Waals surface area contributed by atoms with Gasteiger partial charge in [0.1, 0.15) is 0 Å². The molecule has 1 aliphatic heterocycles. The third-order valence-electron chi connectivity index (χ3n) is 5.42. The lowest BCUT2D eigenvalue weighted by molar-refractivity contribution is 0.0985. The topological polar surface area (TPSA) is 66.5 Å². The second-order valence-electron chi connectivity index (χ2n) is 7.64. The Labute approximate surface area is 177 Å². The maximum Gasteiger partial charge on any atom is 0.261 e. The summed E-state index contributed by atoms with van der Waals surface area (Å²) >= 11 is 0. The largest absolute Gasteiger partial charge is 0.308 e. The van der Waals surface area contributed by atoms with Gasteiger partial charge in [0, 0.05) is 17.8 Å². The monoisotopic (exact) mass is 420 g/mol. The van der Waals surface area contributed by atoms with Crippen LogP contribution in [0.15, 0.2) is 71.6 Å². The summed E-state index contributed by atoms with van der Waals surface area (Å²) in [5.74, 6) is -0.127. The Morgan fingerprint density at radius 3 is 2.47 bits per heavy atom. The van der Waals surface area contributed by atoms with Gasteiger partial charge in [0.2, 0.25) is 0 Å². The lowest BCUT2D eigenvalue weighted by atomic mass is 10.0. The number of anilines is 2. The molecule has 0 radical (unpaired) electrons. The number of hydrogen-bond donors (Lipinski definition) is 1. The summed E-state index contributed by atoms with van der Waals surface area (Å²) in [6, 6.07) is 19.7. The van der Waals surface area contributed by atoms with Crippen molar-refractivity contribution >= 4 is 27.3 Å². The van der Waals surface area contributed by atoms with E-state index in [9.17, 15) is 13.2 Å². The van der Waals surface area contributed by atoms with Crippen LogP contribution in [0.1, 0.15) is 33.5 Å². The average Bonchev–Trinajstić information content (AvgIpc) is 2.74. The minimum atomic E-state index is -3.74. The Bertz CT molecular complexity index is 1200. The molecule has 3 aromatic carbocycles. The maximum atomic E-state index is 13.2. The fraction of sp³-hybridized carbons (Fsp3) is 0.208. The highest BCUT2D eigenvalue weighted by Crippen LogP contribution is 2.29. The first-order valence-electron chi connectivity index (χ1n) is 9.95. The molecular weight excluding hydrogens is 396 g/mol. The first-order chi connectivity index (χ1) is 14.3. The molecule has 30 heavy (non-hydrogen) atoms. The van der Waals surface area contributed by atoms with Crippen molar-refractivity contribution in [2.45, 2.75) is 31.6 Å². The van der Waals surface area contributed by atoms with Gasteiger partial charge >= 0.3 is 0 Å². The molecule has 4 rings (SSSR count). The molecule has 0 unspecified atom stereocenters. The van der Waals surface area contributed by atoms with Gasteiger partial charge in [0.15, 0.2) is 0 Å². The molecule has 1 aliphatic rings. The van der Waals surface area contributed by atoms with Crippen LogP contribution in [0.2, 0.25) is 0 Å². The Morgan fingerprint density at radius 2 is 1.70 bits per heavy atom. The average molecular weight is 421 g/mol. The van der Waals surface area contributed by atoms with Gasteiger partial charge in [0.25, 0.3) is 15.9 Å². The first-order valence-corrected chi connectivity index (χ1v) is 11.4. The van der Waals surface area contributed by atoms with Crippen molar-refractivity contribution in [3.8, 4) is 0 Å². The Balaban J connectivity index is 1.64. The summed E-state index contributed by atoms with van der Waals surface area (Å²) in [5.41, 5.74) is 4.69. The van der Waals surface area contributed by atoms with Gasteiger partial charge in [-0.05, 0) is 68.1 Å². The molecule has 1 heterocycles. The summed E-state index contributed by atoms with van der Waals surface area (Å²) in [6.07, 6.45) is 1.86. The van der Waals surface area contributed by atoms with Crippen molar-refractivity contribution in [1.29, 1.82) is 0 Å². The molecule has 0 atom stereocenters. The highest BCUT2D eigenvalue weighted by atomic mass is 32.2. The number of sulfonamides is 1. The molecule has 1 amide bonds. The number of rotatable bonds is 4. The zero-order chi connectivity index (χ0) is 21.3. The van der Waals surface area contributed by atoms with E-state index in [1.54, 1.807) is 47.4 Å². The van der Waals surface area contributed by atoms with Crippen molar-refractivity contribution in [1.82, 2.24) is 0 Å². The number of carbonyl (C=O) groups excluding carboxylic acids is 1. The predicted molar refractivity (Wildman–Crippen MR) is 120 cm³/mol. The Kier molecular flexibility index (Phi) is 5.35. The van der Waals surface area contributed by atoms with Gasteiger partial charge < -0.3 is 4.90 Å². The third-order valence-corrected chi connectivity index (χ3v) is 6.80. The molecule has 5 nitrogen and oxygen atoms in total. The van der Waals surface area contributed by atoms with E-state index in [4.69, 9.17) is 0 Å². The standard InChI is InChI=1S/C24H24N2O3S/c1-17-9-13-21(14-10-17)30(28,29)25-22-16-20(12-11-18(22)2)24(27)26-15-5-7-19-6-3-4-8-23(19)26/h3-4,6,8-14,16,25H,5,7,15H2,1-2H3. The number of carbonyl (C=O) groups is 1. The zero-order valence-corrected chi connectivity index (χ0v) is 17.9. The van der Waals surface area contributed by atoms with Gasteiger partial charge in [-0.3, -0.25) is 9.52 Å². The van der Waals surface area contributed by atoms with Crippen LogP contribution in [0.4, 0.5) is 11.4 Å². The van der Waals surface area contributed by atoms with Crippen LogP contribution < -0.4 is 9.62 Å². The molecule has 0 bridgehead atoms. The van der Waals surface area contributed by atoms with Crippen molar-refractivity contribution in [2.24, 2.45) is 0 Å². The minimum Gasteiger partial charge on any atom is -0.308 e. The van der Waals surface area contributed by atoms with Crippen molar-refractivity contribution in [2.75, 3.05) is 16.2 Å². The molecule has 6 heteroatoms. The molecule has 154 valence electrons. The van der Waals surface area contributed by atoms with Gasteiger partial charge in [-0.25, -0.2) is 8.42 Å². The highest BCUT2D eigenvalue weighted by Gasteiger charge is 2.24. The van der Waals surface area contributed by atoms with Crippen LogP contribution in [-0.4, -0.2) is 20.9 Å². The summed E-state index contributed by atoms with van der Waals surface area (Å²) in [6.45, 7) is 4.37. The first kappa shape index (κ1) is 20.2. The van der Waals surface area contributed by atoms with Crippen molar-refractivity contribution in [3.63, 3.8) is 0 Å². The van der Waals surface area contributed by atoms with Crippen LogP contribution in [-0.2, 0) is 16.4 Å². The van der Waals surface area contributed by atoms with Crippen LogP contribution in [0, 0.1) is 13.8 Å². The lowest BCUT2D eigenvalue weighted by Crippen LogP contribution is -2.35. The maximum absolute atomic E-state index is 13.2. The highest BCUT2D eigenvalue weighted by molar-refractivity contribution is 7.92. The summed E-state index contributed by atoms with van der Waals surface area (Å²) in [5, 5.41) is 0. The van der Waals surface area contributed by atoms with E-state index in [2.05, 4.69) is 4.72 Å². The summed E-state index contributed by atoms with van der Waals surface area (Å²) in [4.78, 5) is 15.2. The normalized spacial score (nSPS) is 13.6. The van der Waals surface area contributed by atoms with E-state index in [0.29, 0.717) is 17.8 Å². The quantitative estimate of drug-likeness (QED) is 0.665. The van der Waals surface area contributed by atoms with E-state index in [0.717, 1.165) is 35.2 Å². The van der Waals surface area contributed by atoms with Gasteiger partial charge in [0.05, 0.1) is 10.6 Å². The van der Waals surface area contributed by atoms with Gasteiger partial charge in [-0.15, -0.1) is 0 Å². The van der Waals surface area contributed by atoms with Crippen molar-refractivity contribution in [3.05, 3.63) is 89.0 Å². The third kappa shape index (κ3) is 3.96. The van der Waals surface area contributed by atoms with E-state index in [1.165, 1.54) is 0 Å². The summed E-state index contributed by atoms with van der Waals surface area (Å²) < 4.78 is 28.3. The second-order valence-corrected chi connectivity index (χ2v) is 9.32. The molecule has 0 saturated heterocycles. The zero-order valence-electron chi connectivity index (χ0n) is 17.1.